The first-order chi connectivity index (χ1) is 4.34. The van der Waals surface area contributed by atoms with Crippen molar-refractivity contribution in [1.29, 1.82) is 0 Å². The minimum atomic E-state index is -0.524. The number of aliphatic hydroxyl groups is 1. The number of rotatable bonds is 2. The van der Waals surface area contributed by atoms with Gasteiger partial charge in [-0.15, -0.1) is 10.2 Å². The summed E-state index contributed by atoms with van der Waals surface area (Å²) in [6, 6.07) is -0.524. The Hall–Kier alpha value is -1.01. The molecule has 1 aromatic rings. The van der Waals surface area contributed by atoms with Gasteiger partial charge in [0.2, 0.25) is 0 Å². The monoisotopic (exact) mass is 129 g/mol. The molecule has 1 aromatic heterocycles. The van der Waals surface area contributed by atoms with Gasteiger partial charge in [-0.1, -0.05) is 5.21 Å². The summed E-state index contributed by atoms with van der Waals surface area (Å²) in [5.74, 6) is 0.331. The summed E-state index contributed by atoms with van der Waals surface area (Å²) in [4.78, 5) is 0. The van der Waals surface area contributed by atoms with Crippen molar-refractivity contribution in [2.24, 2.45) is 5.73 Å². The van der Waals surface area contributed by atoms with Crippen LogP contribution in [-0.2, 0) is 0 Å². The predicted octanol–water partition coefficient (Wildman–Crippen LogP) is -1.81. The summed E-state index contributed by atoms with van der Waals surface area (Å²) in [6.45, 7) is -0.167. The van der Waals surface area contributed by atoms with Gasteiger partial charge >= 0.3 is 0 Å². The normalized spacial score (nSPS) is 13.6. The average Bonchev–Trinajstić information content (AvgIpc) is 2.37. The molecule has 0 fully saturated rings. The molecule has 0 saturated heterocycles. The quantitative estimate of drug-likeness (QED) is 0.437. The molecule has 0 aliphatic rings. The highest BCUT2D eigenvalue weighted by Crippen LogP contribution is 1.96. The molecule has 50 valence electrons. The highest BCUT2D eigenvalue weighted by atomic mass is 16.3. The van der Waals surface area contributed by atoms with E-state index in [1.807, 2.05) is 0 Å². The molecule has 0 radical (unpaired) electrons. The van der Waals surface area contributed by atoms with Crippen molar-refractivity contribution in [1.82, 2.24) is 20.6 Å². The zero-order chi connectivity index (χ0) is 6.69. The lowest BCUT2D eigenvalue weighted by Crippen LogP contribution is -2.16. The van der Waals surface area contributed by atoms with E-state index in [4.69, 9.17) is 10.8 Å². The largest absolute Gasteiger partial charge is 0.394 e. The van der Waals surface area contributed by atoms with Crippen LogP contribution < -0.4 is 5.73 Å². The van der Waals surface area contributed by atoms with Crippen LogP contribution in [0.3, 0.4) is 0 Å². The first-order valence-corrected chi connectivity index (χ1v) is 2.44. The molecule has 0 aliphatic carbocycles. The van der Waals surface area contributed by atoms with Crippen LogP contribution in [-0.4, -0.2) is 32.3 Å². The van der Waals surface area contributed by atoms with Crippen molar-refractivity contribution in [3.63, 3.8) is 0 Å². The maximum absolute atomic E-state index is 8.46. The highest BCUT2D eigenvalue weighted by molar-refractivity contribution is 4.85. The van der Waals surface area contributed by atoms with E-state index >= 15 is 0 Å². The molecule has 0 aromatic carbocycles. The molecule has 0 saturated carbocycles. The van der Waals surface area contributed by atoms with Crippen molar-refractivity contribution in [2.75, 3.05) is 6.61 Å². The molecule has 0 aliphatic heterocycles. The van der Waals surface area contributed by atoms with Gasteiger partial charge in [-0.25, -0.2) is 0 Å². The summed E-state index contributed by atoms with van der Waals surface area (Å²) in [6.07, 6.45) is 0. The molecule has 4 N–H and O–H groups in total. The second kappa shape index (κ2) is 2.51. The number of aliphatic hydroxyl groups excluding tert-OH is 1. The summed E-state index contributed by atoms with van der Waals surface area (Å²) in [7, 11) is 0. The van der Waals surface area contributed by atoms with E-state index in [2.05, 4.69) is 20.6 Å². The van der Waals surface area contributed by atoms with Gasteiger partial charge in [-0.2, -0.15) is 5.21 Å². The van der Waals surface area contributed by atoms with E-state index in [0.29, 0.717) is 5.82 Å². The fourth-order valence-corrected chi connectivity index (χ4v) is 0.408. The molecule has 9 heavy (non-hydrogen) atoms. The van der Waals surface area contributed by atoms with Gasteiger partial charge in [0.25, 0.3) is 0 Å². The SMILES string of the molecule is NC(CO)c1nn[nH]n1. The van der Waals surface area contributed by atoms with Crippen molar-refractivity contribution in [3.05, 3.63) is 5.82 Å². The van der Waals surface area contributed by atoms with Gasteiger partial charge in [0.05, 0.1) is 12.6 Å². The molecule has 1 rings (SSSR count). The lowest BCUT2D eigenvalue weighted by atomic mass is 10.3. The number of H-pyrrole nitrogens is 1. The summed E-state index contributed by atoms with van der Waals surface area (Å²) >= 11 is 0. The van der Waals surface area contributed by atoms with Crippen LogP contribution in [0.2, 0.25) is 0 Å². The smallest absolute Gasteiger partial charge is 0.193 e. The van der Waals surface area contributed by atoms with E-state index in [0.717, 1.165) is 0 Å². The Morgan fingerprint density at radius 1 is 1.78 bits per heavy atom. The molecule has 0 spiro atoms. The molecule has 0 amide bonds. The number of hydrogen-bond acceptors (Lipinski definition) is 5. The van der Waals surface area contributed by atoms with Gasteiger partial charge in [0.15, 0.2) is 5.82 Å². The number of nitrogens with zero attached hydrogens (tertiary/aromatic N) is 3. The minimum Gasteiger partial charge on any atom is -0.394 e. The topological polar surface area (TPSA) is 101 Å². The summed E-state index contributed by atoms with van der Waals surface area (Å²) in [5, 5.41) is 21.1. The van der Waals surface area contributed by atoms with Gasteiger partial charge < -0.3 is 10.8 Å². The first kappa shape index (κ1) is 6.12. The minimum absolute atomic E-state index is 0.167. The Kier molecular flexibility index (Phi) is 1.71. The van der Waals surface area contributed by atoms with Crippen molar-refractivity contribution >= 4 is 0 Å². The molecular weight excluding hydrogens is 122 g/mol. The zero-order valence-corrected chi connectivity index (χ0v) is 4.65. The van der Waals surface area contributed by atoms with Crippen LogP contribution in [0.25, 0.3) is 0 Å². The number of tetrazole rings is 1. The van der Waals surface area contributed by atoms with Crippen molar-refractivity contribution < 1.29 is 5.11 Å². The van der Waals surface area contributed by atoms with Gasteiger partial charge in [0.1, 0.15) is 0 Å². The fraction of sp³-hybridized carbons (Fsp3) is 0.667. The molecule has 6 heteroatoms. The molecule has 1 atom stereocenters. The van der Waals surface area contributed by atoms with Crippen LogP contribution in [0.5, 0.6) is 0 Å². The Bertz CT molecular complexity index is 161. The predicted molar refractivity (Wildman–Crippen MR) is 28.2 cm³/mol. The third kappa shape index (κ3) is 1.21. The third-order valence-electron chi connectivity index (χ3n) is 0.890. The van der Waals surface area contributed by atoms with E-state index in [1.54, 1.807) is 0 Å². The average molecular weight is 129 g/mol. The standard InChI is InChI=1S/C3H7N5O/c4-2(1-9)3-5-7-8-6-3/h2,9H,1,4H2,(H,5,6,7,8). The lowest BCUT2D eigenvalue weighted by molar-refractivity contribution is 0.263. The number of hydrogen-bond donors (Lipinski definition) is 3. The molecule has 1 heterocycles. The van der Waals surface area contributed by atoms with Crippen LogP contribution in [0.15, 0.2) is 0 Å². The number of nitrogens with two attached hydrogens (primary N) is 1. The maximum atomic E-state index is 8.46. The van der Waals surface area contributed by atoms with E-state index in [1.165, 1.54) is 0 Å². The Balaban J connectivity index is 2.65. The zero-order valence-electron chi connectivity index (χ0n) is 4.65. The van der Waals surface area contributed by atoms with E-state index in [9.17, 15) is 0 Å². The van der Waals surface area contributed by atoms with Gasteiger partial charge in [-0.3, -0.25) is 0 Å². The number of nitrogens with one attached hydrogen (secondary N) is 1. The van der Waals surface area contributed by atoms with Crippen molar-refractivity contribution in [3.8, 4) is 0 Å². The maximum Gasteiger partial charge on any atom is 0.193 e. The Morgan fingerprint density at radius 2 is 2.56 bits per heavy atom. The molecular formula is C3H7N5O. The van der Waals surface area contributed by atoms with Crippen LogP contribution in [0.1, 0.15) is 11.9 Å². The number of aromatic nitrogens is 4. The first-order valence-electron chi connectivity index (χ1n) is 2.44. The lowest BCUT2D eigenvalue weighted by Gasteiger charge is -1.97. The molecule has 0 bridgehead atoms. The summed E-state index contributed by atoms with van der Waals surface area (Å²) < 4.78 is 0. The second-order valence-electron chi connectivity index (χ2n) is 1.56. The molecule has 6 nitrogen and oxygen atoms in total. The Labute approximate surface area is 51.1 Å². The van der Waals surface area contributed by atoms with Gasteiger partial charge in [0, 0.05) is 0 Å². The highest BCUT2D eigenvalue weighted by Gasteiger charge is 2.07. The van der Waals surface area contributed by atoms with E-state index in [-0.39, 0.29) is 6.61 Å². The Morgan fingerprint density at radius 3 is 3.00 bits per heavy atom. The van der Waals surface area contributed by atoms with Crippen LogP contribution >= 0.6 is 0 Å². The van der Waals surface area contributed by atoms with E-state index < -0.39 is 6.04 Å². The fourth-order valence-electron chi connectivity index (χ4n) is 0.408. The van der Waals surface area contributed by atoms with Crippen LogP contribution in [0.4, 0.5) is 0 Å². The third-order valence-corrected chi connectivity index (χ3v) is 0.890. The van der Waals surface area contributed by atoms with Crippen LogP contribution in [0, 0.1) is 0 Å². The molecule has 1 unspecified atom stereocenters. The van der Waals surface area contributed by atoms with Crippen molar-refractivity contribution in [2.45, 2.75) is 6.04 Å². The van der Waals surface area contributed by atoms with Gasteiger partial charge in [-0.05, 0) is 0 Å². The second-order valence-corrected chi connectivity index (χ2v) is 1.56. The summed E-state index contributed by atoms with van der Waals surface area (Å²) in [5.41, 5.74) is 5.30. The number of aromatic amines is 1.